The lowest BCUT2D eigenvalue weighted by molar-refractivity contribution is 0.0516. The normalized spacial score (nSPS) is 13.8. The third kappa shape index (κ3) is 9.38. The van der Waals surface area contributed by atoms with Gasteiger partial charge in [-0.2, -0.15) is 9.97 Å². The van der Waals surface area contributed by atoms with Gasteiger partial charge in [0.15, 0.2) is 0 Å². The van der Waals surface area contributed by atoms with Gasteiger partial charge in [0.25, 0.3) is 0 Å². The van der Waals surface area contributed by atoms with Crippen molar-refractivity contribution in [1.29, 1.82) is 0 Å². The Morgan fingerprint density at radius 1 is 0.824 bits per heavy atom. The molecule has 0 aliphatic carbocycles. The molecule has 51 heavy (non-hydrogen) atoms. The summed E-state index contributed by atoms with van der Waals surface area (Å²) in [7, 11) is 3.10. The summed E-state index contributed by atoms with van der Waals surface area (Å²) in [6, 6.07) is 10.8. The van der Waals surface area contributed by atoms with E-state index < -0.39 is 11.9 Å². The van der Waals surface area contributed by atoms with Crippen LogP contribution in [0.1, 0.15) is 58.5 Å². The predicted octanol–water partition coefficient (Wildman–Crippen LogP) is 6.22. The van der Waals surface area contributed by atoms with Gasteiger partial charge in [0.2, 0.25) is 5.95 Å². The first-order chi connectivity index (χ1) is 24.7. The van der Waals surface area contributed by atoms with Crippen LogP contribution in [0, 0.1) is 0 Å². The number of carbonyl (C=O) groups excluding carboxylic acids is 2. The molecule has 1 atom stereocenters. The summed E-state index contributed by atoms with van der Waals surface area (Å²) < 4.78 is 27.0. The van der Waals surface area contributed by atoms with E-state index in [0.717, 1.165) is 24.0 Å². The number of esters is 2. The molecule has 1 fully saturated rings. The van der Waals surface area contributed by atoms with Gasteiger partial charge in [-0.3, -0.25) is 0 Å². The highest BCUT2D eigenvalue weighted by Gasteiger charge is 2.29. The zero-order valence-electron chi connectivity index (χ0n) is 28.7. The Kier molecular flexibility index (Phi) is 12.9. The minimum Gasteiger partial charge on any atom is -0.495 e. The van der Waals surface area contributed by atoms with Gasteiger partial charge < -0.3 is 39.2 Å². The monoisotopic (exact) mass is 739 g/mol. The number of nitrogens with one attached hydrogen (secondary N) is 2. The first-order valence-corrected chi connectivity index (χ1v) is 17.1. The van der Waals surface area contributed by atoms with E-state index in [1.165, 1.54) is 12.4 Å². The molecule has 0 unspecified atom stereocenters. The number of carbonyl (C=O) groups is 2. The molecular formula is C35H39Cl2N7O7. The summed E-state index contributed by atoms with van der Waals surface area (Å²) in [5.74, 6) is 1.00. The van der Waals surface area contributed by atoms with E-state index in [-0.39, 0.29) is 48.8 Å². The van der Waals surface area contributed by atoms with Crippen molar-refractivity contribution < 1.29 is 33.3 Å². The molecule has 0 radical (unpaired) electrons. The third-order valence-corrected chi connectivity index (χ3v) is 8.52. The number of hydrogen-bond donors (Lipinski definition) is 2. The maximum absolute atomic E-state index is 12.8. The average molecular weight is 741 g/mol. The van der Waals surface area contributed by atoms with Crippen molar-refractivity contribution >= 4 is 52.7 Å². The van der Waals surface area contributed by atoms with Crippen molar-refractivity contribution in [3.63, 3.8) is 0 Å². The van der Waals surface area contributed by atoms with Crippen molar-refractivity contribution in [1.82, 2.24) is 19.9 Å². The van der Waals surface area contributed by atoms with Gasteiger partial charge in [0.1, 0.15) is 40.9 Å². The summed E-state index contributed by atoms with van der Waals surface area (Å²) in [4.78, 5) is 45.6. The molecule has 14 nitrogen and oxygen atoms in total. The fraction of sp³-hybridized carbons (Fsp3) is 0.371. The molecule has 5 rings (SSSR count). The minimum absolute atomic E-state index is 0.0734. The number of benzene rings is 2. The lowest BCUT2D eigenvalue weighted by Crippen LogP contribution is -2.36. The largest absolute Gasteiger partial charge is 0.495 e. The lowest BCUT2D eigenvalue weighted by Gasteiger charge is -2.25. The number of hydrogen-bond acceptors (Lipinski definition) is 14. The average Bonchev–Trinajstić information content (AvgIpc) is 3.61. The SMILES string of the molecule is CCOC(=O)c1cnc(OC[C@@H]2CCCN2c2ncc(C(=O)OCC)c(NCc3ccc(OC)c(Cl)c3)n2)nc1NCc1ccc(OC)c(Cl)c1. The van der Waals surface area contributed by atoms with Crippen LogP contribution in [0.25, 0.3) is 0 Å². The Morgan fingerprint density at radius 3 is 1.90 bits per heavy atom. The van der Waals surface area contributed by atoms with Crippen molar-refractivity contribution in [2.24, 2.45) is 0 Å². The van der Waals surface area contributed by atoms with Gasteiger partial charge in [0.05, 0.1) is 49.7 Å². The van der Waals surface area contributed by atoms with E-state index in [0.29, 0.717) is 52.9 Å². The van der Waals surface area contributed by atoms with Crippen LogP contribution in [0.15, 0.2) is 48.8 Å². The quantitative estimate of drug-likeness (QED) is 0.125. The highest BCUT2D eigenvalue weighted by atomic mass is 35.5. The van der Waals surface area contributed by atoms with Crippen LogP contribution in [0.4, 0.5) is 17.6 Å². The molecule has 1 aliphatic heterocycles. The number of rotatable bonds is 16. The van der Waals surface area contributed by atoms with Gasteiger partial charge >= 0.3 is 17.9 Å². The maximum atomic E-state index is 12.8. The molecular weight excluding hydrogens is 701 g/mol. The Labute approximate surface area is 305 Å². The second-order valence-corrected chi connectivity index (χ2v) is 12.0. The van der Waals surface area contributed by atoms with E-state index >= 15 is 0 Å². The standard InChI is InChI=1S/C35H39Cl2N7O7/c1-5-49-32(45)24-18-40-34(42-30(24)38-16-21-9-11-28(47-3)26(36)14-21)44-13-7-8-23(44)20-51-35-41-19-25(33(46)50-6-2)31(43-35)39-17-22-10-12-29(48-4)27(37)15-22/h9-12,14-15,18-19,23H,5-8,13,16-17,20H2,1-4H3,(H,38,40,42)(H,39,41,43)/t23-/m0/s1. The maximum Gasteiger partial charge on any atom is 0.343 e. The van der Waals surface area contributed by atoms with Crippen LogP contribution in [0.2, 0.25) is 10.0 Å². The third-order valence-electron chi connectivity index (χ3n) is 7.92. The number of aromatic nitrogens is 4. The molecule has 2 N–H and O–H groups in total. The fourth-order valence-corrected chi connectivity index (χ4v) is 5.95. The van der Waals surface area contributed by atoms with Gasteiger partial charge in [-0.15, -0.1) is 0 Å². The van der Waals surface area contributed by atoms with Crippen molar-refractivity contribution in [2.75, 3.05) is 56.1 Å². The van der Waals surface area contributed by atoms with E-state index in [2.05, 4.69) is 25.6 Å². The number of ether oxygens (including phenoxy) is 5. The highest BCUT2D eigenvalue weighted by Crippen LogP contribution is 2.29. The molecule has 0 bridgehead atoms. The zero-order chi connectivity index (χ0) is 36.3. The van der Waals surface area contributed by atoms with Crippen LogP contribution in [0.5, 0.6) is 17.5 Å². The molecule has 270 valence electrons. The Balaban J connectivity index is 1.32. The summed E-state index contributed by atoms with van der Waals surface area (Å²) >= 11 is 12.6. The number of halogens is 2. The molecule has 2 aromatic heterocycles. The van der Waals surface area contributed by atoms with Crippen LogP contribution in [-0.4, -0.2) is 78.5 Å². The molecule has 3 heterocycles. The Morgan fingerprint density at radius 2 is 1.37 bits per heavy atom. The molecule has 2 aromatic carbocycles. The Hall–Kier alpha value is -5.08. The van der Waals surface area contributed by atoms with E-state index in [4.69, 9.17) is 51.9 Å². The number of anilines is 3. The molecule has 1 saturated heterocycles. The van der Waals surface area contributed by atoms with E-state index in [1.807, 2.05) is 17.0 Å². The summed E-state index contributed by atoms with van der Waals surface area (Å²) in [6.45, 7) is 5.37. The minimum atomic E-state index is -0.566. The van der Waals surface area contributed by atoms with Crippen LogP contribution in [0.3, 0.4) is 0 Å². The molecule has 0 spiro atoms. The molecule has 1 aliphatic rings. The predicted molar refractivity (Wildman–Crippen MR) is 193 cm³/mol. The molecule has 16 heteroatoms. The van der Waals surface area contributed by atoms with Crippen LogP contribution >= 0.6 is 23.2 Å². The number of nitrogens with zero attached hydrogens (tertiary/aromatic N) is 5. The first kappa shape index (κ1) is 37.2. The van der Waals surface area contributed by atoms with Gasteiger partial charge in [-0.25, -0.2) is 19.6 Å². The van der Waals surface area contributed by atoms with Crippen LogP contribution in [-0.2, 0) is 22.6 Å². The van der Waals surface area contributed by atoms with E-state index in [1.54, 1.807) is 52.3 Å². The molecule has 0 amide bonds. The smallest absolute Gasteiger partial charge is 0.343 e. The Bertz CT molecular complexity index is 1850. The van der Waals surface area contributed by atoms with Gasteiger partial charge in [0, 0.05) is 25.8 Å². The first-order valence-electron chi connectivity index (χ1n) is 16.3. The van der Waals surface area contributed by atoms with Gasteiger partial charge in [-0.05, 0) is 62.1 Å². The van der Waals surface area contributed by atoms with E-state index in [9.17, 15) is 9.59 Å². The van der Waals surface area contributed by atoms with Crippen molar-refractivity contribution in [2.45, 2.75) is 45.8 Å². The molecule has 4 aromatic rings. The highest BCUT2D eigenvalue weighted by molar-refractivity contribution is 6.32. The second kappa shape index (κ2) is 17.7. The molecule has 0 saturated carbocycles. The topological polar surface area (TPSA) is 159 Å². The summed E-state index contributed by atoms with van der Waals surface area (Å²) in [5.41, 5.74) is 2.07. The zero-order valence-corrected chi connectivity index (χ0v) is 30.2. The fourth-order valence-electron chi connectivity index (χ4n) is 5.39. The lowest BCUT2D eigenvalue weighted by atomic mass is 10.2. The summed E-state index contributed by atoms with van der Waals surface area (Å²) in [6.07, 6.45) is 4.50. The number of methoxy groups -OCH3 is 2. The van der Waals surface area contributed by atoms with Gasteiger partial charge in [-0.1, -0.05) is 35.3 Å². The van der Waals surface area contributed by atoms with Crippen molar-refractivity contribution in [3.05, 3.63) is 81.1 Å². The van der Waals surface area contributed by atoms with Crippen LogP contribution < -0.4 is 29.7 Å². The second-order valence-electron chi connectivity index (χ2n) is 11.2. The van der Waals surface area contributed by atoms with Crippen molar-refractivity contribution in [3.8, 4) is 17.5 Å². The summed E-state index contributed by atoms with van der Waals surface area (Å²) in [5, 5.41) is 7.35.